The summed E-state index contributed by atoms with van der Waals surface area (Å²) in [5.74, 6) is 0.148. The molecule has 1 unspecified atom stereocenters. The summed E-state index contributed by atoms with van der Waals surface area (Å²) in [4.78, 5) is 18.5. The quantitative estimate of drug-likeness (QED) is 0.922. The first-order valence-corrected chi connectivity index (χ1v) is 8.75. The van der Waals surface area contributed by atoms with E-state index in [0.29, 0.717) is 6.42 Å². The number of fused-ring (bicyclic) bond motifs is 1. The molecule has 0 spiro atoms. The molecule has 2 aromatic heterocycles. The smallest absolute Gasteiger partial charge is 0.223 e. The number of rotatable bonds is 5. The Bertz CT molecular complexity index is 635. The van der Waals surface area contributed by atoms with Gasteiger partial charge in [0.2, 0.25) is 5.91 Å². The lowest BCUT2D eigenvalue weighted by Gasteiger charge is -2.23. The highest BCUT2D eigenvalue weighted by atomic mass is 32.1. The van der Waals surface area contributed by atoms with E-state index in [0.717, 1.165) is 30.0 Å². The Hall–Kier alpha value is -1.69. The molecule has 1 atom stereocenters. The third-order valence-electron chi connectivity index (χ3n) is 4.50. The van der Waals surface area contributed by atoms with Crippen LogP contribution in [0.15, 0.2) is 11.6 Å². The summed E-state index contributed by atoms with van der Waals surface area (Å²) in [6.07, 6.45) is 7.67. The van der Waals surface area contributed by atoms with Gasteiger partial charge in [0.15, 0.2) is 0 Å². The summed E-state index contributed by atoms with van der Waals surface area (Å²) in [6, 6.07) is 0.0283. The number of aromatic amines is 1. The van der Waals surface area contributed by atoms with Crippen LogP contribution in [0, 0.1) is 0 Å². The second-order valence-corrected chi connectivity index (χ2v) is 6.81. The monoisotopic (exact) mass is 318 g/mol. The van der Waals surface area contributed by atoms with Gasteiger partial charge in [0.05, 0.1) is 11.7 Å². The molecule has 1 amide bonds. The van der Waals surface area contributed by atoms with Crippen LogP contribution in [0.1, 0.15) is 54.2 Å². The fourth-order valence-corrected chi connectivity index (χ4v) is 3.72. The molecule has 6 heteroatoms. The van der Waals surface area contributed by atoms with Crippen LogP contribution in [0.2, 0.25) is 0 Å². The van der Waals surface area contributed by atoms with Gasteiger partial charge in [0.1, 0.15) is 5.01 Å². The van der Waals surface area contributed by atoms with E-state index in [9.17, 15) is 4.79 Å². The topological polar surface area (TPSA) is 61.9 Å². The molecule has 0 radical (unpaired) electrons. The number of nitrogens with one attached hydrogen (secondary N) is 1. The Kier molecular flexibility index (Phi) is 4.57. The van der Waals surface area contributed by atoms with Crippen LogP contribution in [0.4, 0.5) is 0 Å². The Morgan fingerprint density at radius 2 is 2.27 bits per heavy atom. The van der Waals surface area contributed by atoms with Crippen LogP contribution >= 0.6 is 11.3 Å². The van der Waals surface area contributed by atoms with Gasteiger partial charge in [0.25, 0.3) is 0 Å². The van der Waals surface area contributed by atoms with Crippen LogP contribution in [-0.4, -0.2) is 33.0 Å². The van der Waals surface area contributed by atoms with E-state index in [-0.39, 0.29) is 11.9 Å². The zero-order valence-electron chi connectivity index (χ0n) is 13.1. The maximum absolute atomic E-state index is 12.4. The Morgan fingerprint density at radius 3 is 3.05 bits per heavy atom. The Labute approximate surface area is 134 Å². The lowest BCUT2D eigenvalue weighted by molar-refractivity contribution is -0.131. The summed E-state index contributed by atoms with van der Waals surface area (Å²) in [5.41, 5.74) is 3.71. The van der Waals surface area contributed by atoms with Crippen molar-refractivity contribution in [2.24, 2.45) is 0 Å². The van der Waals surface area contributed by atoms with Gasteiger partial charge >= 0.3 is 0 Å². The lowest BCUT2D eigenvalue weighted by atomic mass is 9.94. The molecule has 1 aliphatic carbocycles. The van der Waals surface area contributed by atoms with Crippen molar-refractivity contribution in [2.45, 2.75) is 51.5 Å². The standard InChI is InChI=1S/C16H22N4OS/c1-11(16-17-9-10-22-16)20(2)15(21)8-7-14-12-5-3-4-6-13(12)18-19-14/h9-11H,3-8H2,1-2H3,(H,18,19). The fraction of sp³-hybridized carbons (Fsp3) is 0.562. The van der Waals surface area contributed by atoms with Gasteiger partial charge in [0, 0.05) is 37.2 Å². The van der Waals surface area contributed by atoms with Crippen molar-refractivity contribution in [3.05, 3.63) is 33.5 Å². The molecule has 0 bridgehead atoms. The van der Waals surface area contributed by atoms with Gasteiger partial charge in [-0.15, -0.1) is 11.3 Å². The van der Waals surface area contributed by atoms with E-state index in [2.05, 4.69) is 15.2 Å². The minimum atomic E-state index is 0.0283. The van der Waals surface area contributed by atoms with Gasteiger partial charge in [-0.25, -0.2) is 4.98 Å². The number of carbonyl (C=O) groups is 1. The number of hydrogen-bond acceptors (Lipinski definition) is 4. The van der Waals surface area contributed by atoms with E-state index in [1.54, 1.807) is 22.4 Å². The summed E-state index contributed by atoms with van der Waals surface area (Å²) in [5, 5.41) is 10.5. The molecule has 2 aromatic rings. The number of aromatic nitrogens is 3. The molecule has 22 heavy (non-hydrogen) atoms. The van der Waals surface area contributed by atoms with E-state index in [4.69, 9.17) is 0 Å². The Balaban J connectivity index is 1.59. The summed E-state index contributed by atoms with van der Waals surface area (Å²) < 4.78 is 0. The van der Waals surface area contributed by atoms with Crippen LogP contribution in [0.25, 0.3) is 0 Å². The summed E-state index contributed by atoms with van der Waals surface area (Å²) >= 11 is 1.59. The highest BCUT2D eigenvalue weighted by Gasteiger charge is 2.21. The normalized spacial score (nSPS) is 15.4. The minimum absolute atomic E-state index is 0.0283. The lowest BCUT2D eigenvalue weighted by Crippen LogP contribution is -2.29. The predicted octanol–water partition coefficient (Wildman–Crippen LogP) is 2.90. The van der Waals surface area contributed by atoms with Crippen LogP contribution in [0.3, 0.4) is 0 Å². The van der Waals surface area contributed by atoms with Gasteiger partial charge in [-0.3, -0.25) is 9.89 Å². The number of carbonyl (C=O) groups excluding carboxylic acids is 1. The molecular weight excluding hydrogens is 296 g/mol. The molecular formula is C16H22N4OS. The second-order valence-electron chi connectivity index (χ2n) is 5.89. The number of aryl methyl sites for hydroxylation is 2. The number of nitrogens with zero attached hydrogens (tertiary/aromatic N) is 3. The molecule has 1 N–H and O–H groups in total. The maximum Gasteiger partial charge on any atom is 0.223 e. The zero-order chi connectivity index (χ0) is 15.5. The molecule has 2 heterocycles. The van der Waals surface area contributed by atoms with Crippen LogP contribution in [-0.2, 0) is 24.1 Å². The Morgan fingerprint density at radius 1 is 1.45 bits per heavy atom. The molecule has 0 fully saturated rings. The average Bonchev–Trinajstić information content (AvgIpc) is 3.21. The van der Waals surface area contributed by atoms with E-state index < -0.39 is 0 Å². The van der Waals surface area contributed by atoms with Crippen molar-refractivity contribution in [3.8, 4) is 0 Å². The molecule has 0 saturated heterocycles. The van der Waals surface area contributed by atoms with Gasteiger partial charge in [-0.1, -0.05) is 0 Å². The summed E-state index contributed by atoms with van der Waals surface area (Å²) in [7, 11) is 1.86. The third-order valence-corrected chi connectivity index (χ3v) is 5.45. The summed E-state index contributed by atoms with van der Waals surface area (Å²) in [6.45, 7) is 2.02. The first-order valence-electron chi connectivity index (χ1n) is 7.87. The van der Waals surface area contributed by atoms with Crippen molar-refractivity contribution in [2.75, 3.05) is 7.05 Å². The van der Waals surface area contributed by atoms with Crippen molar-refractivity contribution in [1.82, 2.24) is 20.1 Å². The molecule has 118 valence electrons. The van der Waals surface area contributed by atoms with Gasteiger partial charge < -0.3 is 4.90 Å². The minimum Gasteiger partial charge on any atom is -0.337 e. The number of hydrogen-bond donors (Lipinski definition) is 1. The number of amides is 1. The van der Waals surface area contributed by atoms with E-state index in [1.165, 1.54) is 24.1 Å². The maximum atomic E-state index is 12.4. The SMILES string of the molecule is CC(c1nccs1)N(C)C(=O)CCc1n[nH]c2c1CCCC2. The van der Waals surface area contributed by atoms with Gasteiger partial charge in [-0.05, 0) is 38.2 Å². The molecule has 0 aromatic carbocycles. The predicted molar refractivity (Wildman–Crippen MR) is 86.8 cm³/mol. The number of thiazole rings is 1. The first-order chi connectivity index (χ1) is 10.7. The highest BCUT2D eigenvalue weighted by Crippen LogP contribution is 2.24. The highest BCUT2D eigenvalue weighted by molar-refractivity contribution is 7.09. The molecule has 3 rings (SSSR count). The largest absolute Gasteiger partial charge is 0.337 e. The fourth-order valence-electron chi connectivity index (χ4n) is 2.98. The van der Waals surface area contributed by atoms with Crippen molar-refractivity contribution < 1.29 is 4.79 Å². The van der Waals surface area contributed by atoms with E-state index in [1.807, 2.05) is 19.4 Å². The molecule has 1 aliphatic rings. The van der Waals surface area contributed by atoms with E-state index >= 15 is 0 Å². The van der Waals surface area contributed by atoms with Gasteiger partial charge in [-0.2, -0.15) is 5.10 Å². The third kappa shape index (κ3) is 3.06. The first kappa shape index (κ1) is 15.2. The van der Waals surface area contributed by atoms with Crippen LogP contribution < -0.4 is 0 Å². The number of H-pyrrole nitrogens is 1. The molecule has 0 saturated carbocycles. The zero-order valence-corrected chi connectivity index (χ0v) is 13.9. The van der Waals surface area contributed by atoms with Crippen molar-refractivity contribution in [1.29, 1.82) is 0 Å². The second kappa shape index (κ2) is 6.60. The molecule has 0 aliphatic heterocycles. The molecule has 5 nitrogen and oxygen atoms in total. The average molecular weight is 318 g/mol. The van der Waals surface area contributed by atoms with Crippen LogP contribution in [0.5, 0.6) is 0 Å². The van der Waals surface area contributed by atoms with Crippen molar-refractivity contribution in [3.63, 3.8) is 0 Å². The van der Waals surface area contributed by atoms with Crippen molar-refractivity contribution >= 4 is 17.2 Å².